The van der Waals surface area contributed by atoms with Crippen molar-refractivity contribution >= 4 is 0 Å². The van der Waals surface area contributed by atoms with Gasteiger partial charge in [0, 0.05) is 5.56 Å². The molecule has 1 atom stereocenters. The van der Waals surface area contributed by atoms with Crippen LogP contribution in [0.4, 0.5) is 0 Å². The maximum Gasteiger partial charge on any atom is 0.0249 e. The third-order valence-corrected chi connectivity index (χ3v) is 5.46. The van der Waals surface area contributed by atoms with E-state index >= 15 is 0 Å². The van der Waals surface area contributed by atoms with Gasteiger partial charge in [-0.05, 0) is 72.4 Å². The fourth-order valence-corrected chi connectivity index (χ4v) is 3.52. The summed E-state index contributed by atoms with van der Waals surface area (Å²) in [7, 11) is 0. The Bertz CT molecular complexity index is 779. The summed E-state index contributed by atoms with van der Waals surface area (Å²) in [4.78, 5) is 0. The Morgan fingerprint density at radius 2 is 1.58 bits per heavy atom. The number of aryl methyl sites for hydroxylation is 1. The lowest BCUT2D eigenvalue weighted by molar-refractivity contribution is 0.460. The molecule has 0 N–H and O–H groups in total. The second-order valence-electron chi connectivity index (χ2n) is 7.41. The molecule has 1 aliphatic carbocycles. The van der Waals surface area contributed by atoms with E-state index < -0.39 is 0 Å². The van der Waals surface area contributed by atoms with Crippen LogP contribution in [-0.2, 0) is 6.42 Å². The van der Waals surface area contributed by atoms with Gasteiger partial charge in [0.25, 0.3) is 0 Å². The van der Waals surface area contributed by atoms with Gasteiger partial charge in [-0.15, -0.1) is 0 Å². The second kappa shape index (κ2) is 9.44. The molecule has 0 aromatic heterocycles. The summed E-state index contributed by atoms with van der Waals surface area (Å²) >= 11 is 0. The zero-order valence-corrected chi connectivity index (χ0v) is 16.2. The number of allylic oxidation sites excluding steroid dienone is 2. The summed E-state index contributed by atoms with van der Waals surface area (Å²) in [6.45, 7) is 4.53. The number of rotatable bonds is 5. The van der Waals surface area contributed by atoms with Crippen molar-refractivity contribution in [3.05, 3.63) is 71.3 Å². The van der Waals surface area contributed by atoms with Gasteiger partial charge in [0.1, 0.15) is 0 Å². The largest absolute Gasteiger partial charge is 0.0726 e. The number of unbranched alkanes of at least 4 members (excludes halogenated alkanes) is 1. The predicted molar refractivity (Wildman–Crippen MR) is 113 cm³/mol. The Kier molecular flexibility index (Phi) is 6.73. The fourth-order valence-electron chi connectivity index (χ4n) is 3.52. The van der Waals surface area contributed by atoms with Gasteiger partial charge >= 0.3 is 0 Å². The molecule has 1 unspecified atom stereocenters. The van der Waals surface area contributed by atoms with Gasteiger partial charge < -0.3 is 0 Å². The first-order valence-corrected chi connectivity index (χ1v) is 10.2. The van der Waals surface area contributed by atoms with E-state index in [0.29, 0.717) is 0 Å². The summed E-state index contributed by atoms with van der Waals surface area (Å²) < 4.78 is 0. The molecule has 26 heavy (non-hydrogen) atoms. The van der Waals surface area contributed by atoms with Gasteiger partial charge in [-0.1, -0.05) is 81.0 Å². The molecular weight excluding hydrogens is 312 g/mol. The lowest BCUT2D eigenvalue weighted by Crippen LogP contribution is -2.03. The third-order valence-electron chi connectivity index (χ3n) is 5.46. The van der Waals surface area contributed by atoms with Gasteiger partial charge in [0.05, 0.1) is 0 Å². The Morgan fingerprint density at radius 3 is 2.15 bits per heavy atom. The van der Waals surface area contributed by atoms with Crippen LogP contribution < -0.4 is 0 Å². The highest BCUT2D eigenvalue weighted by Gasteiger charge is 2.10. The minimum Gasteiger partial charge on any atom is -0.0726 e. The average Bonchev–Trinajstić information content (AvgIpc) is 2.72. The minimum atomic E-state index is 0.869. The van der Waals surface area contributed by atoms with Crippen molar-refractivity contribution in [3.8, 4) is 23.0 Å². The van der Waals surface area contributed by atoms with Crippen LogP contribution >= 0.6 is 0 Å². The van der Waals surface area contributed by atoms with Gasteiger partial charge in [-0.2, -0.15) is 0 Å². The van der Waals surface area contributed by atoms with E-state index in [1.165, 1.54) is 60.8 Å². The fraction of sp³-hybridized carbons (Fsp3) is 0.385. The normalized spacial score (nSPS) is 16.5. The zero-order valence-electron chi connectivity index (χ0n) is 16.2. The van der Waals surface area contributed by atoms with Crippen molar-refractivity contribution in [2.24, 2.45) is 5.92 Å². The van der Waals surface area contributed by atoms with Crippen molar-refractivity contribution in [2.45, 2.75) is 58.8 Å². The van der Waals surface area contributed by atoms with Crippen LogP contribution in [-0.4, -0.2) is 0 Å². The SMILES string of the molecule is CCCCc1ccc(-c2ccc(C#CC3=CCC(CC)CC3)cc2)cc1. The molecule has 0 radical (unpaired) electrons. The van der Waals surface area contributed by atoms with Crippen LogP contribution in [0.15, 0.2) is 60.2 Å². The second-order valence-corrected chi connectivity index (χ2v) is 7.41. The summed E-state index contributed by atoms with van der Waals surface area (Å²) in [6, 6.07) is 17.7. The predicted octanol–water partition coefficient (Wildman–Crippen LogP) is 7.18. The van der Waals surface area contributed by atoms with E-state index in [9.17, 15) is 0 Å². The van der Waals surface area contributed by atoms with Gasteiger partial charge in [0.15, 0.2) is 0 Å². The van der Waals surface area contributed by atoms with Crippen molar-refractivity contribution in [1.82, 2.24) is 0 Å². The summed E-state index contributed by atoms with van der Waals surface area (Å²) in [5, 5.41) is 0. The van der Waals surface area contributed by atoms with E-state index in [4.69, 9.17) is 0 Å². The molecule has 2 aromatic carbocycles. The van der Waals surface area contributed by atoms with Crippen LogP contribution in [0.25, 0.3) is 11.1 Å². The monoisotopic (exact) mass is 342 g/mol. The van der Waals surface area contributed by atoms with Crippen LogP contribution in [0.5, 0.6) is 0 Å². The standard InChI is InChI=1S/C26H30/c1-3-5-6-22-13-17-25(18-14-22)26-19-15-24(16-20-26)12-11-23-9-7-21(4-2)8-10-23/h9,13-21H,3-8,10H2,1-2H3. The van der Waals surface area contributed by atoms with Crippen molar-refractivity contribution < 1.29 is 0 Å². The Morgan fingerprint density at radius 1 is 0.885 bits per heavy atom. The highest BCUT2D eigenvalue weighted by molar-refractivity contribution is 5.64. The van der Waals surface area contributed by atoms with Crippen molar-refractivity contribution in [3.63, 3.8) is 0 Å². The topological polar surface area (TPSA) is 0 Å². The Hall–Kier alpha value is -2.26. The molecular formula is C26H30. The van der Waals surface area contributed by atoms with E-state index in [-0.39, 0.29) is 0 Å². The zero-order chi connectivity index (χ0) is 18.2. The maximum atomic E-state index is 3.38. The molecule has 0 aliphatic heterocycles. The Labute approximate surface area is 159 Å². The van der Waals surface area contributed by atoms with Gasteiger partial charge in [-0.25, -0.2) is 0 Å². The molecule has 3 rings (SSSR count). The van der Waals surface area contributed by atoms with Crippen molar-refractivity contribution in [1.29, 1.82) is 0 Å². The number of hydrogen-bond donors (Lipinski definition) is 0. The molecule has 2 aromatic rings. The molecule has 0 fully saturated rings. The molecule has 0 heterocycles. The summed E-state index contributed by atoms with van der Waals surface area (Å²) in [5.41, 5.74) is 6.41. The molecule has 0 heteroatoms. The Balaban J connectivity index is 1.64. The maximum absolute atomic E-state index is 3.38. The quantitative estimate of drug-likeness (QED) is 0.505. The molecule has 0 saturated carbocycles. The number of benzene rings is 2. The lowest BCUT2D eigenvalue weighted by atomic mass is 9.88. The van der Waals surface area contributed by atoms with E-state index in [0.717, 1.165) is 17.9 Å². The van der Waals surface area contributed by atoms with Crippen LogP contribution in [0.3, 0.4) is 0 Å². The molecule has 1 aliphatic rings. The first-order valence-electron chi connectivity index (χ1n) is 10.2. The summed E-state index contributed by atoms with van der Waals surface area (Å²) in [5.74, 6) is 7.59. The molecule has 0 saturated heterocycles. The van der Waals surface area contributed by atoms with Crippen molar-refractivity contribution in [2.75, 3.05) is 0 Å². The molecule has 0 spiro atoms. The highest BCUT2D eigenvalue weighted by Crippen LogP contribution is 2.25. The van der Waals surface area contributed by atoms with Crippen LogP contribution in [0.2, 0.25) is 0 Å². The molecule has 134 valence electrons. The first kappa shape index (κ1) is 18.5. The molecule has 0 amide bonds. The van der Waals surface area contributed by atoms with Crippen LogP contribution in [0, 0.1) is 17.8 Å². The van der Waals surface area contributed by atoms with E-state index in [1.54, 1.807) is 0 Å². The smallest absolute Gasteiger partial charge is 0.0249 e. The first-order chi connectivity index (χ1) is 12.8. The third kappa shape index (κ3) is 5.12. The minimum absolute atomic E-state index is 0.869. The van der Waals surface area contributed by atoms with Crippen LogP contribution in [0.1, 0.15) is 63.5 Å². The highest BCUT2D eigenvalue weighted by atomic mass is 14.2. The average molecular weight is 343 g/mol. The van der Waals surface area contributed by atoms with E-state index in [2.05, 4.69) is 80.3 Å². The summed E-state index contributed by atoms with van der Waals surface area (Å²) in [6.07, 6.45) is 11.0. The van der Waals surface area contributed by atoms with E-state index in [1.807, 2.05) is 0 Å². The molecule has 0 nitrogen and oxygen atoms in total. The molecule has 0 bridgehead atoms. The lowest BCUT2D eigenvalue weighted by Gasteiger charge is -2.17. The van der Waals surface area contributed by atoms with Gasteiger partial charge in [-0.3, -0.25) is 0 Å². The van der Waals surface area contributed by atoms with Gasteiger partial charge in [0.2, 0.25) is 0 Å². The number of hydrogen-bond acceptors (Lipinski definition) is 0.